The zero-order valence-electron chi connectivity index (χ0n) is 12.9. The monoisotopic (exact) mass is 339 g/mol. The molecule has 0 saturated heterocycles. The van der Waals surface area contributed by atoms with Gasteiger partial charge in [-0.25, -0.2) is 4.79 Å². The summed E-state index contributed by atoms with van der Waals surface area (Å²) < 4.78 is 3.04. The fraction of sp³-hybridized carbons (Fsp3) is 0.429. The molecule has 0 unspecified atom stereocenters. The van der Waals surface area contributed by atoms with Crippen LogP contribution in [0.25, 0.3) is 0 Å². The predicted molar refractivity (Wildman–Crippen MR) is 83.5 cm³/mol. The smallest absolute Gasteiger partial charge is 0.354 e. The Bertz CT molecular complexity index is 722. The number of carbonyl (C=O) groups excluding carboxylic acids is 1. The molecule has 0 bridgehead atoms. The van der Waals surface area contributed by atoms with Gasteiger partial charge in [0.15, 0.2) is 0 Å². The molecule has 2 aromatic rings. The Morgan fingerprint density at radius 3 is 2.65 bits per heavy atom. The molecule has 2 N–H and O–H groups in total. The molecule has 1 amide bonds. The van der Waals surface area contributed by atoms with Gasteiger partial charge in [-0.3, -0.25) is 14.2 Å². The maximum absolute atomic E-state index is 11.8. The first kappa shape index (κ1) is 17.0. The van der Waals surface area contributed by atoms with Crippen LogP contribution in [0.5, 0.6) is 0 Å². The highest BCUT2D eigenvalue weighted by Gasteiger charge is 2.12. The lowest BCUT2D eigenvalue weighted by Crippen LogP contribution is -2.29. The summed E-state index contributed by atoms with van der Waals surface area (Å²) in [4.78, 5) is 22.7. The maximum Gasteiger partial charge on any atom is 0.354 e. The van der Waals surface area contributed by atoms with Gasteiger partial charge >= 0.3 is 5.97 Å². The SMILES string of the molecule is Cc1nn(CCNC(=O)CCn2nccc2C(=O)O)c(C)c1Cl. The molecule has 2 heterocycles. The molecule has 0 radical (unpaired) electrons. The average molecular weight is 340 g/mol. The summed E-state index contributed by atoms with van der Waals surface area (Å²) in [7, 11) is 0. The molecule has 0 aromatic carbocycles. The Hall–Kier alpha value is -2.35. The Morgan fingerprint density at radius 1 is 1.30 bits per heavy atom. The molecule has 0 spiro atoms. The van der Waals surface area contributed by atoms with E-state index in [9.17, 15) is 9.59 Å². The van der Waals surface area contributed by atoms with Crippen molar-refractivity contribution < 1.29 is 14.7 Å². The normalized spacial score (nSPS) is 10.7. The van der Waals surface area contributed by atoms with Crippen LogP contribution in [0, 0.1) is 13.8 Å². The highest BCUT2D eigenvalue weighted by Crippen LogP contribution is 2.18. The number of hydrogen-bond acceptors (Lipinski definition) is 4. The largest absolute Gasteiger partial charge is 0.477 e. The molecule has 2 aromatic heterocycles. The molecular weight excluding hydrogens is 322 g/mol. The molecule has 8 nitrogen and oxygen atoms in total. The number of carbonyl (C=O) groups is 2. The van der Waals surface area contributed by atoms with Crippen molar-refractivity contribution in [2.24, 2.45) is 0 Å². The van der Waals surface area contributed by atoms with Gasteiger partial charge in [0.1, 0.15) is 5.69 Å². The fourth-order valence-electron chi connectivity index (χ4n) is 2.18. The van der Waals surface area contributed by atoms with Crippen molar-refractivity contribution in [3.63, 3.8) is 0 Å². The van der Waals surface area contributed by atoms with E-state index in [-0.39, 0.29) is 24.6 Å². The van der Waals surface area contributed by atoms with Gasteiger partial charge in [-0.15, -0.1) is 0 Å². The third-order valence-electron chi connectivity index (χ3n) is 3.43. The molecular formula is C14H18ClN5O3. The summed E-state index contributed by atoms with van der Waals surface area (Å²) in [6, 6.07) is 1.40. The zero-order chi connectivity index (χ0) is 17.0. The highest BCUT2D eigenvalue weighted by atomic mass is 35.5. The molecule has 9 heteroatoms. The molecule has 23 heavy (non-hydrogen) atoms. The number of amides is 1. The highest BCUT2D eigenvalue weighted by molar-refractivity contribution is 6.31. The van der Waals surface area contributed by atoms with Crippen molar-refractivity contribution >= 4 is 23.5 Å². The molecule has 0 fully saturated rings. The van der Waals surface area contributed by atoms with Gasteiger partial charge in [0.05, 0.1) is 29.5 Å². The number of nitrogens with zero attached hydrogens (tertiary/aromatic N) is 4. The Kier molecular flexibility index (Phi) is 5.38. The van der Waals surface area contributed by atoms with E-state index in [0.29, 0.717) is 18.1 Å². The van der Waals surface area contributed by atoms with Crippen LogP contribution in [-0.4, -0.2) is 43.1 Å². The van der Waals surface area contributed by atoms with Crippen molar-refractivity contribution in [1.29, 1.82) is 0 Å². The lowest BCUT2D eigenvalue weighted by Gasteiger charge is -2.08. The lowest BCUT2D eigenvalue weighted by molar-refractivity contribution is -0.121. The van der Waals surface area contributed by atoms with Gasteiger partial charge in [0.2, 0.25) is 5.91 Å². The molecule has 0 aliphatic heterocycles. The van der Waals surface area contributed by atoms with Crippen LogP contribution in [0.2, 0.25) is 5.02 Å². The lowest BCUT2D eigenvalue weighted by atomic mass is 10.3. The maximum atomic E-state index is 11.8. The number of aromatic carboxylic acids is 1. The van der Waals surface area contributed by atoms with Gasteiger partial charge in [-0.05, 0) is 19.9 Å². The molecule has 0 aliphatic rings. The van der Waals surface area contributed by atoms with Crippen molar-refractivity contribution in [3.8, 4) is 0 Å². The van der Waals surface area contributed by atoms with Crippen molar-refractivity contribution in [1.82, 2.24) is 24.9 Å². The van der Waals surface area contributed by atoms with Crippen molar-refractivity contribution in [2.45, 2.75) is 33.4 Å². The number of aryl methyl sites for hydroxylation is 2. The summed E-state index contributed by atoms with van der Waals surface area (Å²) in [6.45, 7) is 4.85. The average Bonchev–Trinajstić information content (AvgIpc) is 3.07. The van der Waals surface area contributed by atoms with E-state index in [2.05, 4.69) is 15.5 Å². The van der Waals surface area contributed by atoms with Gasteiger partial charge in [-0.2, -0.15) is 10.2 Å². The predicted octanol–water partition coefficient (Wildman–Crippen LogP) is 1.25. The van der Waals surface area contributed by atoms with E-state index >= 15 is 0 Å². The Balaban J connectivity index is 1.78. The second kappa shape index (κ2) is 7.28. The first-order chi connectivity index (χ1) is 10.9. The van der Waals surface area contributed by atoms with Crippen molar-refractivity contribution in [3.05, 3.63) is 34.4 Å². The van der Waals surface area contributed by atoms with E-state index in [1.54, 1.807) is 4.68 Å². The molecule has 0 atom stereocenters. The van der Waals surface area contributed by atoms with E-state index in [1.807, 2.05) is 13.8 Å². The molecule has 0 saturated carbocycles. The van der Waals surface area contributed by atoms with E-state index < -0.39 is 5.97 Å². The topological polar surface area (TPSA) is 102 Å². The van der Waals surface area contributed by atoms with E-state index in [0.717, 1.165) is 11.4 Å². The second-order valence-electron chi connectivity index (χ2n) is 5.05. The first-order valence-corrected chi connectivity index (χ1v) is 7.49. The van der Waals surface area contributed by atoms with Crippen LogP contribution in [0.3, 0.4) is 0 Å². The van der Waals surface area contributed by atoms with Crippen LogP contribution in [0.15, 0.2) is 12.3 Å². The second-order valence-corrected chi connectivity index (χ2v) is 5.43. The molecule has 0 aliphatic carbocycles. The van der Waals surface area contributed by atoms with Crippen LogP contribution in [-0.2, 0) is 17.9 Å². The summed E-state index contributed by atoms with van der Waals surface area (Å²) in [6.07, 6.45) is 1.55. The standard InChI is InChI=1S/C14H18ClN5O3/c1-9-13(15)10(2)19(18-9)8-6-16-12(21)4-7-20-11(14(22)23)3-5-17-20/h3,5H,4,6-8H2,1-2H3,(H,16,21)(H,22,23). The Labute approximate surface area is 138 Å². The van der Waals surface area contributed by atoms with Crippen LogP contribution in [0.4, 0.5) is 0 Å². The van der Waals surface area contributed by atoms with Gasteiger partial charge < -0.3 is 10.4 Å². The fourth-order valence-corrected chi connectivity index (χ4v) is 2.32. The van der Waals surface area contributed by atoms with Gasteiger partial charge in [0.25, 0.3) is 0 Å². The summed E-state index contributed by atoms with van der Waals surface area (Å²) in [5, 5.41) is 20.5. The molecule has 2 rings (SSSR count). The van der Waals surface area contributed by atoms with Crippen LogP contribution >= 0.6 is 11.6 Å². The minimum atomic E-state index is -1.07. The number of nitrogens with one attached hydrogen (secondary N) is 1. The minimum absolute atomic E-state index is 0.0649. The Morgan fingerprint density at radius 2 is 2.04 bits per heavy atom. The summed E-state index contributed by atoms with van der Waals surface area (Å²) in [5.74, 6) is -1.24. The van der Waals surface area contributed by atoms with Crippen molar-refractivity contribution in [2.75, 3.05) is 6.54 Å². The number of rotatable bonds is 7. The number of aromatic nitrogens is 4. The number of carboxylic acids is 1. The summed E-state index contributed by atoms with van der Waals surface area (Å²) in [5.41, 5.74) is 1.69. The van der Waals surface area contributed by atoms with Gasteiger partial charge in [-0.1, -0.05) is 11.6 Å². The van der Waals surface area contributed by atoms with Crippen LogP contribution in [0.1, 0.15) is 28.3 Å². The number of halogens is 1. The summed E-state index contributed by atoms with van der Waals surface area (Å²) >= 11 is 6.06. The van der Waals surface area contributed by atoms with Gasteiger partial charge in [0, 0.05) is 19.2 Å². The third-order valence-corrected chi connectivity index (χ3v) is 3.97. The zero-order valence-corrected chi connectivity index (χ0v) is 13.7. The quantitative estimate of drug-likeness (QED) is 0.790. The number of hydrogen-bond donors (Lipinski definition) is 2. The van der Waals surface area contributed by atoms with E-state index in [4.69, 9.17) is 16.7 Å². The van der Waals surface area contributed by atoms with E-state index in [1.165, 1.54) is 16.9 Å². The molecule has 124 valence electrons. The number of carboxylic acid groups (broad SMARTS) is 1. The minimum Gasteiger partial charge on any atom is -0.477 e. The van der Waals surface area contributed by atoms with Crippen LogP contribution < -0.4 is 5.32 Å². The third kappa shape index (κ3) is 4.10. The first-order valence-electron chi connectivity index (χ1n) is 7.11.